The van der Waals surface area contributed by atoms with Gasteiger partial charge in [-0.15, -0.1) is 11.3 Å². The number of thiophene rings is 1. The lowest BCUT2D eigenvalue weighted by Crippen LogP contribution is -2.51. The highest BCUT2D eigenvalue weighted by atomic mass is 32.1. The molecule has 0 aliphatic carbocycles. The minimum absolute atomic E-state index is 0.0610. The van der Waals surface area contributed by atoms with E-state index < -0.39 is 17.5 Å². The zero-order valence-corrected chi connectivity index (χ0v) is 14.5. The van der Waals surface area contributed by atoms with Crippen molar-refractivity contribution >= 4 is 28.8 Å². The Morgan fingerprint density at radius 3 is 2.35 bits per heavy atom. The number of hydrogen-bond donors (Lipinski definition) is 1. The number of benzene rings is 1. The van der Waals surface area contributed by atoms with E-state index in [9.17, 15) is 22.8 Å². The second-order valence-corrected chi connectivity index (χ2v) is 6.67. The number of amides is 2. The first-order valence-electron chi connectivity index (χ1n) is 7.95. The number of hydrogen-bond acceptors (Lipinski definition) is 4. The molecule has 2 amide bonds. The Hall–Kier alpha value is -2.55. The predicted octanol–water partition coefficient (Wildman–Crippen LogP) is 2.56. The molecule has 0 bridgehead atoms. The number of nitrogens with one attached hydrogen (secondary N) is 1. The maximum absolute atomic E-state index is 13.6. The summed E-state index contributed by atoms with van der Waals surface area (Å²) >= 11 is 1.37. The normalized spacial score (nSPS) is 14.4. The average Bonchev–Trinajstić information content (AvgIpc) is 3.19. The van der Waals surface area contributed by atoms with Gasteiger partial charge in [0.15, 0.2) is 17.5 Å². The number of rotatable bonds is 4. The van der Waals surface area contributed by atoms with E-state index in [0.717, 1.165) is 12.1 Å². The van der Waals surface area contributed by atoms with E-state index >= 15 is 0 Å². The molecule has 26 heavy (non-hydrogen) atoms. The van der Waals surface area contributed by atoms with Crippen LogP contribution in [0.2, 0.25) is 0 Å². The molecule has 1 aliphatic rings. The van der Waals surface area contributed by atoms with Gasteiger partial charge in [-0.05, 0) is 23.6 Å². The van der Waals surface area contributed by atoms with Crippen molar-refractivity contribution in [2.45, 2.75) is 0 Å². The highest BCUT2D eigenvalue weighted by Gasteiger charge is 2.25. The largest absolute Gasteiger partial charge is 0.374 e. The van der Waals surface area contributed by atoms with Crippen LogP contribution in [0.5, 0.6) is 0 Å². The van der Waals surface area contributed by atoms with Crippen LogP contribution in [0.4, 0.5) is 18.9 Å². The van der Waals surface area contributed by atoms with Gasteiger partial charge in [0, 0.05) is 26.2 Å². The van der Waals surface area contributed by atoms with Crippen molar-refractivity contribution in [3.8, 4) is 0 Å². The Labute approximate surface area is 152 Å². The topological polar surface area (TPSA) is 52.7 Å². The average molecular weight is 383 g/mol. The van der Waals surface area contributed by atoms with E-state index in [2.05, 4.69) is 5.32 Å². The van der Waals surface area contributed by atoms with Gasteiger partial charge in [0.1, 0.15) is 0 Å². The molecule has 1 fully saturated rings. The molecule has 0 atom stereocenters. The van der Waals surface area contributed by atoms with Crippen molar-refractivity contribution in [3.05, 3.63) is 52.0 Å². The van der Waals surface area contributed by atoms with E-state index in [1.807, 2.05) is 5.38 Å². The Morgan fingerprint density at radius 1 is 1.00 bits per heavy atom. The Bertz CT molecular complexity index is 806. The van der Waals surface area contributed by atoms with Crippen molar-refractivity contribution in [3.63, 3.8) is 0 Å². The number of nitrogens with zero attached hydrogens (tertiary/aromatic N) is 2. The van der Waals surface area contributed by atoms with Gasteiger partial charge < -0.3 is 15.1 Å². The summed E-state index contributed by atoms with van der Waals surface area (Å²) in [6.07, 6.45) is 0. The van der Waals surface area contributed by atoms with Crippen LogP contribution in [-0.4, -0.2) is 54.3 Å². The monoisotopic (exact) mass is 383 g/mol. The zero-order chi connectivity index (χ0) is 18.7. The maximum Gasteiger partial charge on any atom is 0.264 e. The molecule has 1 aromatic carbocycles. The van der Waals surface area contributed by atoms with E-state index in [1.165, 1.54) is 11.3 Å². The maximum atomic E-state index is 13.6. The molecule has 9 heteroatoms. The summed E-state index contributed by atoms with van der Waals surface area (Å²) in [5, 5.41) is 4.31. The fourth-order valence-electron chi connectivity index (χ4n) is 2.66. The van der Waals surface area contributed by atoms with Crippen molar-refractivity contribution in [1.29, 1.82) is 0 Å². The molecule has 0 spiro atoms. The van der Waals surface area contributed by atoms with Gasteiger partial charge in [0.05, 0.1) is 17.1 Å². The van der Waals surface area contributed by atoms with Gasteiger partial charge in [-0.2, -0.15) is 0 Å². The van der Waals surface area contributed by atoms with Gasteiger partial charge in [0.2, 0.25) is 5.91 Å². The lowest BCUT2D eigenvalue weighted by molar-refractivity contribution is -0.130. The Balaban J connectivity index is 1.51. The number of halogens is 3. The van der Waals surface area contributed by atoms with Gasteiger partial charge in [0.25, 0.3) is 5.91 Å². The third-order valence-electron chi connectivity index (χ3n) is 4.12. The number of carbonyl (C=O) groups excluding carboxylic acids is 2. The molecule has 5 nitrogen and oxygen atoms in total. The summed E-state index contributed by atoms with van der Waals surface area (Å²) in [6.45, 7) is 1.28. The van der Waals surface area contributed by atoms with Crippen molar-refractivity contribution in [1.82, 2.24) is 9.80 Å². The van der Waals surface area contributed by atoms with Crippen LogP contribution < -0.4 is 5.32 Å². The second kappa shape index (κ2) is 7.77. The second-order valence-electron chi connectivity index (χ2n) is 5.73. The van der Waals surface area contributed by atoms with Gasteiger partial charge >= 0.3 is 0 Å². The van der Waals surface area contributed by atoms with Crippen LogP contribution in [0.1, 0.15) is 9.67 Å². The quantitative estimate of drug-likeness (QED) is 0.826. The SMILES string of the molecule is O=C(CNc1ccc(F)c(F)c1F)N1CCN(C(=O)c2cccs2)CC1. The smallest absolute Gasteiger partial charge is 0.264 e. The molecule has 2 aromatic rings. The molecule has 1 N–H and O–H groups in total. The Kier molecular flexibility index (Phi) is 5.46. The molecule has 2 heterocycles. The number of carbonyl (C=O) groups is 2. The third kappa shape index (κ3) is 3.82. The molecular weight excluding hydrogens is 367 g/mol. The molecule has 1 aliphatic heterocycles. The van der Waals surface area contributed by atoms with Crippen molar-refractivity contribution in [2.24, 2.45) is 0 Å². The minimum Gasteiger partial charge on any atom is -0.374 e. The molecule has 0 radical (unpaired) electrons. The first-order valence-corrected chi connectivity index (χ1v) is 8.83. The summed E-state index contributed by atoms with van der Waals surface area (Å²) < 4.78 is 39.7. The van der Waals surface area contributed by atoms with Gasteiger partial charge in [-0.25, -0.2) is 13.2 Å². The summed E-state index contributed by atoms with van der Waals surface area (Å²) in [6, 6.07) is 5.39. The predicted molar refractivity (Wildman–Crippen MR) is 91.6 cm³/mol. The standard InChI is InChI=1S/C17H16F3N3O2S/c18-11-3-4-12(16(20)15(11)19)21-10-14(24)22-5-7-23(8-6-22)17(25)13-2-1-9-26-13/h1-4,9,21H,5-8,10H2. The van der Waals surface area contributed by atoms with E-state index in [0.29, 0.717) is 31.1 Å². The lowest BCUT2D eigenvalue weighted by atomic mass is 10.2. The van der Waals surface area contributed by atoms with Crippen LogP contribution in [0.3, 0.4) is 0 Å². The molecule has 0 saturated carbocycles. The van der Waals surface area contributed by atoms with Crippen LogP contribution in [0, 0.1) is 17.5 Å². The summed E-state index contributed by atoms with van der Waals surface area (Å²) in [5.74, 6) is -4.59. The van der Waals surface area contributed by atoms with Crippen LogP contribution in [0.15, 0.2) is 29.6 Å². The van der Waals surface area contributed by atoms with E-state index in [1.54, 1.807) is 21.9 Å². The Morgan fingerprint density at radius 2 is 1.69 bits per heavy atom. The third-order valence-corrected chi connectivity index (χ3v) is 4.97. The van der Waals surface area contributed by atoms with Crippen molar-refractivity contribution < 1.29 is 22.8 Å². The zero-order valence-electron chi connectivity index (χ0n) is 13.7. The van der Waals surface area contributed by atoms with Crippen LogP contribution in [0.25, 0.3) is 0 Å². The lowest BCUT2D eigenvalue weighted by Gasteiger charge is -2.34. The fraction of sp³-hybridized carbons (Fsp3) is 0.294. The van der Waals surface area contributed by atoms with E-state index in [4.69, 9.17) is 0 Å². The van der Waals surface area contributed by atoms with Gasteiger partial charge in [-0.1, -0.05) is 6.07 Å². The van der Waals surface area contributed by atoms with Gasteiger partial charge in [-0.3, -0.25) is 9.59 Å². The first-order chi connectivity index (χ1) is 12.5. The molecule has 138 valence electrons. The summed E-state index contributed by atoms with van der Waals surface area (Å²) in [5.41, 5.74) is -0.274. The highest BCUT2D eigenvalue weighted by Crippen LogP contribution is 2.19. The van der Waals surface area contributed by atoms with E-state index in [-0.39, 0.29) is 24.0 Å². The van der Waals surface area contributed by atoms with Crippen LogP contribution >= 0.6 is 11.3 Å². The summed E-state index contributed by atoms with van der Waals surface area (Å²) in [7, 11) is 0. The molecular formula is C17H16F3N3O2S. The minimum atomic E-state index is -1.58. The molecule has 1 aromatic heterocycles. The first kappa shape index (κ1) is 18.2. The summed E-state index contributed by atoms with van der Waals surface area (Å²) in [4.78, 5) is 28.3. The fourth-order valence-corrected chi connectivity index (χ4v) is 3.35. The van der Waals surface area contributed by atoms with Crippen molar-refractivity contribution in [2.75, 3.05) is 38.0 Å². The number of piperazine rings is 1. The molecule has 0 unspecified atom stereocenters. The number of anilines is 1. The highest BCUT2D eigenvalue weighted by molar-refractivity contribution is 7.12. The van der Waals surface area contributed by atoms with Crippen LogP contribution in [-0.2, 0) is 4.79 Å². The molecule has 3 rings (SSSR count). The molecule has 1 saturated heterocycles.